The molecule has 0 radical (unpaired) electrons. The minimum Gasteiger partial charge on any atom is -0.435 e. The fraction of sp³-hybridized carbons (Fsp3) is 0.263. The number of amides is 1. The number of rotatable bonds is 6. The average molecular weight is 452 g/mol. The zero-order chi connectivity index (χ0) is 22.9. The zero-order valence-corrected chi connectivity index (χ0v) is 17.6. The lowest BCUT2D eigenvalue weighted by Gasteiger charge is -2.20. The maximum Gasteiger partial charge on any atom is 0.387 e. The number of aromatic nitrogens is 3. The van der Waals surface area contributed by atoms with Crippen LogP contribution in [0.2, 0.25) is 0 Å². The van der Waals surface area contributed by atoms with Crippen molar-refractivity contribution in [1.29, 1.82) is 5.41 Å². The zero-order valence-electron chi connectivity index (χ0n) is 16.7. The molecule has 31 heavy (non-hydrogen) atoms. The third kappa shape index (κ3) is 4.90. The fourth-order valence-electron chi connectivity index (χ4n) is 2.78. The summed E-state index contributed by atoms with van der Waals surface area (Å²) in [5.41, 5.74) is 5.59. The summed E-state index contributed by atoms with van der Waals surface area (Å²) >= 11 is -0.152. The van der Waals surface area contributed by atoms with Crippen molar-refractivity contribution in [2.45, 2.75) is 32.9 Å². The lowest BCUT2D eigenvalue weighted by molar-refractivity contribution is -0.0498. The summed E-state index contributed by atoms with van der Waals surface area (Å²) < 4.78 is 43.8. The Morgan fingerprint density at radius 1 is 1.32 bits per heavy atom. The van der Waals surface area contributed by atoms with E-state index in [0.717, 1.165) is 3.97 Å². The summed E-state index contributed by atoms with van der Waals surface area (Å²) in [4.78, 5) is 21.1. The monoisotopic (exact) mass is 452 g/mol. The van der Waals surface area contributed by atoms with Crippen molar-refractivity contribution in [2.24, 2.45) is 0 Å². The van der Waals surface area contributed by atoms with Crippen molar-refractivity contribution in [3.63, 3.8) is 0 Å². The van der Waals surface area contributed by atoms with Crippen LogP contribution in [0.1, 0.15) is 42.4 Å². The molecule has 8 nitrogen and oxygen atoms in total. The number of nitrogens with one attached hydrogen (secondary N) is 2. The fourth-order valence-corrected chi connectivity index (χ4v) is 3.12. The van der Waals surface area contributed by atoms with E-state index in [-0.39, 0.29) is 57.5 Å². The molecule has 0 spiro atoms. The molecule has 0 atom stereocenters. The molecule has 3 rings (SSSR count). The quantitative estimate of drug-likeness (QED) is 0.385. The highest BCUT2D eigenvalue weighted by molar-refractivity contribution is 7.92. The predicted molar refractivity (Wildman–Crippen MR) is 112 cm³/mol. The first kappa shape index (κ1) is 22.4. The van der Waals surface area contributed by atoms with Crippen LogP contribution in [0.3, 0.4) is 0 Å². The molecule has 0 fully saturated rings. The van der Waals surface area contributed by atoms with E-state index in [1.165, 1.54) is 30.6 Å². The van der Waals surface area contributed by atoms with Gasteiger partial charge in [0.15, 0.2) is 18.0 Å². The number of nitrogen functional groups attached to an aromatic ring is 1. The largest absolute Gasteiger partial charge is 0.435 e. The average Bonchev–Trinajstić information content (AvgIpc) is 3.05. The van der Waals surface area contributed by atoms with Gasteiger partial charge in [0.1, 0.15) is 17.0 Å². The van der Waals surface area contributed by atoms with Gasteiger partial charge in [0.2, 0.25) is 0 Å². The number of ether oxygens (including phenoxy) is 1. The van der Waals surface area contributed by atoms with Crippen LogP contribution in [0.15, 0.2) is 30.6 Å². The Morgan fingerprint density at radius 3 is 2.65 bits per heavy atom. The molecule has 0 saturated carbocycles. The van der Waals surface area contributed by atoms with E-state index in [1.807, 2.05) is 0 Å². The molecule has 1 amide bonds. The van der Waals surface area contributed by atoms with Crippen LogP contribution in [0, 0.1) is 5.41 Å². The molecule has 0 aliphatic rings. The number of hydrogen-bond acceptors (Lipinski definition) is 7. The smallest absolute Gasteiger partial charge is 0.387 e. The Labute approximate surface area is 179 Å². The lowest BCUT2D eigenvalue weighted by atomic mass is 10.0. The molecule has 164 valence electrons. The van der Waals surface area contributed by atoms with E-state index < -0.39 is 18.1 Å². The molecule has 0 bridgehead atoms. The van der Waals surface area contributed by atoms with E-state index in [2.05, 4.69) is 20.0 Å². The number of carbonyl (C=O) groups excluding carboxylic acids is 1. The van der Waals surface area contributed by atoms with E-state index in [0.29, 0.717) is 0 Å². The van der Waals surface area contributed by atoms with Crippen LogP contribution in [-0.4, -0.2) is 37.7 Å². The topological polar surface area (TPSA) is 119 Å². The van der Waals surface area contributed by atoms with E-state index in [1.54, 1.807) is 20.8 Å². The van der Waals surface area contributed by atoms with Crippen molar-refractivity contribution in [3.05, 3.63) is 47.4 Å². The Morgan fingerprint density at radius 2 is 2.03 bits per heavy atom. The summed E-state index contributed by atoms with van der Waals surface area (Å²) in [5, 5.41) is 11.2. The number of nitrogens with zero attached hydrogens (tertiary/aromatic N) is 3. The molecule has 4 N–H and O–H groups in total. The molecule has 12 heteroatoms. The summed E-state index contributed by atoms with van der Waals surface area (Å²) in [6.45, 7) is 2.33. The van der Waals surface area contributed by atoms with Crippen molar-refractivity contribution >= 4 is 40.8 Å². The Bertz CT molecular complexity index is 1160. The Balaban J connectivity index is 2.07. The summed E-state index contributed by atoms with van der Waals surface area (Å²) in [5.74, 6) is -0.668. The molecule has 0 aliphatic heterocycles. The Kier molecular flexibility index (Phi) is 6.11. The third-order valence-corrected chi connectivity index (χ3v) is 4.47. The molecular formula is C19H19F3N6O2S. The van der Waals surface area contributed by atoms with Crippen LogP contribution in [-0.2, 0) is 0 Å². The van der Waals surface area contributed by atoms with Crippen LogP contribution in [0.25, 0.3) is 11.2 Å². The number of hydrogen-bond donors (Lipinski definition) is 3. The summed E-state index contributed by atoms with van der Waals surface area (Å²) in [7, 11) is 0. The van der Waals surface area contributed by atoms with Gasteiger partial charge >= 0.3 is 6.61 Å². The van der Waals surface area contributed by atoms with Gasteiger partial charge in [-0.15, -0.1) is 3.89 Å². The third-order valence-electron chi connectivity index (χ3n) is 4.05. The molecule has 3 aromatic rings. The van der Waals surface area contributed by atoms with Gasteiger partial charge in [0.25, 0.3) is 5.91 Å². The molecule has 2 heterocycles. The normalized spacial score (nSPS) is 11.7. The van der Waals surface area contributed by atoms with Gasteiger partial charge in [0, 0.05) is 23.0 Å². The number of carbonyl (C=O) groups is 1. The van der Waals surface area contributed by atoms with Crippen LogP contribution in [0.4, 0.5) is 18.4 Å². The van der Waals surface area contributed by atoms with E-state index in [4.69, 9.17) is 11.1 Å². The first-order chi connectivity index (χ1) is 14.5. The van der Waals surface area contributed by atoms with Crippen molar-refractivity contribution < 1.29 is 22.2 Å². The van der Waals surface area contributed by atoms with Gasteiger partial charge in [-0.2, -0.15) is 8.78 Å². The number of halogens is 3. The van der Waals surface area contributed by atoms with E-state index >= 15 is 0 Å². The van der Waals surface area contributed by atoms with Crippen LogP contribution in [0.5, 0.6) is 5.75 Å². The minimum atomic E-state index is -3.04. The van der Waals surface area contributed by atoms with E-state index in [9.17, 15) is 17.5 Å². The van der Waals surface area contributed by atoms with Gasteiger partial charge in [-0.3, -0.25) is 10.2 Å². The number of anilines is 1. The lowest BCUT2D eigenvalue weighted by Crippen LogP contribution is -2.40. The second-order valence-corrected chi connectivity index (χ2v) is 8.10. The highest BCUT2D eigenvalue weighted by Crippen LogP contribution is 2.26. The van der Waals surface area contributed by atoms with Gasteiger partial charge < -0.3 is 15.8 Å². The maximum absolute atomic E-state index is 13.3. The molecule has 2 aromatic heterocycles. The molecule has 0 saturated heterocycles. The number of benzene rings is 1. The number of alkyl halides is 2. The van der Waals surface area contributed by atoms with Gasteiger partial charge in [-0.25, -0.2) is 13.9 Å². The van der Waals surface area contributed by atoms with Crippen molar-refractivity contribution in [2.75, 3.05) is 5.73 Å². The predicted octanol–water partition coefficient (Wildman–Crippen LogP) is 3.94. The molecule has 1 aromatic carbocycles. The molecular weight excluding hydrogens is 433 g/mol. The summed E-state index contributed by atoms with van der Waals surface area (Å²) in [6.07, 6.45) is 2.47. The van der Waals surface area contributed by atoms with Gasteiger partial charge in [-0.05, 0) is 39.0 Å². The Hall–Kier alpha value is -3.28. The van der Waals surface area contributed by atoms with Gasteiger partial charge in [0.05, 0.1) is 17.5 Å². The number of nitrogens with two attached hydrogens (primary N) is 1. The molecule has 0 aliphatic carbocycles. The van der Waals surface area contributed by atoms with Crippen LogP contribution >= 0.6 is 12.3 Å². The second kappa shape index (κ2) is 8.46. The van der Waals surface area contributed by atoms with Crippen molar-refractivity contribution in [3.8, 4) is 5.75 Å². The highest BCUT2D eigenvalue weighted by atomic mass is 32.2. The van der Waals surface area contributed by atoms with Gasteiger partial charge in [-0.1, -0.05) is 0 Å². The second-order valence-electron chi connectivity index (χ2n) is 7.57. The van der Waals surface area contributed by atoms with Crippen molar-refractivity contribution in [1.82, 2.24) is 19.3 Å². The number of fused-ring (bicyclic) bond motifs is 1. The summed E-state index contributed by atoms with van der Waals surface area (Å²) in [6, 6.07) is 3.76. The minimum absolute atomic E-state index is 0.0137. The standard InChI is InChI=1S/C19H19F3N6O2S/c1-19(2,3)27-17(29)11-8-28(31-22)16-15(11)26-13(7-25-16)14(24)10-6-9(30-18(20)21)4-5-12(10)23/h4-8,18,24H,23H2,1-3H3,(H,27,29). The van der Waals surface area contributed by atoms with Crippen LogP contribution < -0.4 is 15.8 Å². The SMILES string of the molecule is CC(C)(C)NC(=O)c1cn(SF)c2ncc(C(=N)c3cc(OC(F)F)ccc3N)nc12. The highest BCUT2D eigenvalue weighted by Gasteiger charge is 2.23. The first-order valence-corrected chi connectivity index (χ1v) is 9.61. The molecule has 0 unspecified atom stereocenters. The first-order valence-electron chi connectivity index (χ1n) is 8.93. The maximum atomic E-state index is 13.3.